The van der Waals surface area contributed by atoms with Gasteiger partial charge in [0.05, 0.1) is 22.2 Å². The summed E-state index contributed by atoms with van der Waals surface area (Å²) in [6.45, 7) is 2.35. The average Bonchev–Trinajstić information content (AvgIpc) is 1.66. The molecule has 8 bridgehead atoms. The summed E-state index contributed by atoms with van der Waals surface area (Å²) >= 11 is 0. The molecule has 696 valence electrons. The van der Waals surface area contributed by atoms with Gasteiger partial charge in [-0.05, 0) is 112 Å². The number of carboxylic acids is 1. The number of rotatable bonds is 16. The first-order valence-corrected chi connectivity index (χ1v) is 43.7. The van der Waals surface area contributed by atoms with Crippen LogP contribution < -0.4 is 47.1 Å². The van der Waals surface area contributed by atoms with Gasteiger partial charge >= 0.3 is 5.97 Å². The van der Waals surface area contributed by atoms with E-state index in [1.54, 1.807) is 18.9 Å². The standard InChI is InChI=1S/C29H26F3N3O4.2C22H20F3N3O4.C22H22N2O5.CH4/c30-19-9-22(31)20(23(32)10-19)12-33-27(37)21-14-34-16-29-8-4-7-18(11-29)13-35(29)28(38)24(34)26(25(21)36)39-15-17-5-2-1-3-6-17;2*23-12-4-15(24)13(16(25)5-12)7-26-20(31)14-9-27-10-22-3-1-2-11(6-22)8-28(22)21(32)17(27)19(30)18(14)29;25-18-16(21(27)28)11-23-13-22-8-4-7-15(9-22)10-24(22)20(26)17(23)19(18)29-12-14-5-2-1-3-6-14;/h1-3,5-6,9-10,14,18H,4,7-8,11-13,15-16H2,(H,33,37);2*4-5,9,11,30H,1-3,6-8,10H2,(H,26,31);1-3,5-6,11,15H,4,7-10,12-13H2,(H,27,28);1H4/t18-,29+;2*11-,22+;15-,22+;/m0000./s1. The highest BCUT2D eigenvalue weighted by Crippen LogP contribution is 2.53. The van der Waals surface area contributed by atoms with Crippen molar-refractivity contribution in [1.82, 2.24) is 53.8 Å². The number of amides is 7. The van der Waals surface area contributed by atoms with Gasteiger partial charge in [-0.25, -0.2) is 44.3 Å². The maximum atomic E-state index is 14.1. The number of carboxylic acid groups (broad SMARTS) is 1. The molecule has 5 aromatic carbocycles. The van der Waals surface area contributed by atoms with E-state index in [1.807, 2.05) is 70.5 Å². The fourth-order valence-electron chi connectivity index (χ4n) is 22.5. The van der Waals surface area contributed by atoms with Crippen LogP contribution in [0.15, 0.2) is 141 Å². The molecule has 4 aliphatic carbocycles. The Hall–Kier alpha value is -13.8. The van der Waals surface area contributed by atoms with E-state index in [0.29, 0.717) is 112 Å². The number of hydrogen-bond acceptors (Lipinski definition) is 16. The van der Waals surface area contributed by atoms with Crippen LogP contribution in [0.3, 0.4) is 0 Å². The number of halogens is 9. The lowest BCUT2D eigenvalue weighted by Gasteiger charge is -2.44. The first-order valence-electron chi connectivity index (χ1n) is 43.7. The molecule has 9 aromatic rings. The van der Waals surface area contributed by atoms with Gasteiger partial charge in [0.2, 0.25) is 21.7 Å². The highest BCUT2D eigenvalue weighted by molar-refractivity contribution is 6.03. The summed E-state index contributed by atoms with van der Waals surface area (Å²) in [5, 5.41) is 37.3. The monoisotopic (exact) mass is 1840 g/mol. The van der Waals surface area contributed by atoms with Crippen LogP contribution in [0.1, 0.15) is 221 Å². The Morgan fingerprint density at radius 1 is 0.368 bits per heavy atom. The number of ether oxygens (including phenoxy) is 2. The summed E-state index contributed by atoms with van der Waals surface area (Å²) in [7, 11) is 0. The molecule has 4 saturated carbocycles. The van der Waals surface area contributed by atoms with E-state index in [2.05, 4.69) is 16.0 Å². The van der Waals surface area contributed by atoms with Crippen LogP contribution in [0, 0.1) is 76.0 Å². The smallest absolute Gasteiger partial charge is 0.341 e. The molecule has 37 heteroatoms. The van der Waals surface area contributed by atoms with Crippen molar-refractivity contribution in [2.45, 2.75) is 191 Å². The number of aromatic carboxylic acids is 1. The lowest BCUT2D eigenvalue weighted by atomic mass is 9.79. The molecule has 8 aliphatic heterocycles. The quantitative estimate of drug-likeness (QED) is 0.0489. The van der Waals surface area contributed by atoms with Crippen LogP contribution in [0.5, 0.6) is 23.0 Å². The molecule has 133 heavy (non-hydrogen) atoms. The highest BCUT2D eigenvalue weighted by Gasteiger charge is 2.59. The predicted molar refractivity (Wildman–Crippen MR) is 457 cm³/mol. The Kier molecular flexibility index (Phi) is 24.3. The number of fused-ring (bicyclic) bond motifs is 8. The summed E-state index contributed by atoms with van der Waals surface area (Å²) in [6.07, 6.45) is 20.1. The van der Waals surface area contributed by atoms with E-state index in [-0.39, 0.29) is 88.9 Å². The summed E-state index contributed by atoms with van der Waals surface area (Å²) in [4.78, 5) is 163. The minimum absolute atomic E-state index is 0. The number of aromatic hydroxyl groups is 2. The maximum Gasteiger partial charge on any atom is 0.341 e. The third-order valence-corrected chi connectivity index (χ3v) is 28.4. The van der Waals surface area contributed by atoms with Crippen LogP contribution in [0.4, 0.5) is 39.5 Å². The molecule has 4 aromatic heterocycles. The first kappa shape index (κ1) is 91.1. The molecular weight excluding hydrogens is 1750 g/mol. The van der Waals surface area contributed by atoms with Crippen molar-refractivity contribution in [2.24, 2.45) is 23.7 Å². The minimum atomic E-state index is -1.31. The Balaban J connectivity index is 0.000000124. The van der Waals surface area contributed by atoms with Crippen molar-refractivity contribution in [3.63, 3.8) is 0 Å². The van der Waals surface area contributed by atoms with Gasteiger partial charge < -0.3 is 78.6 Å². The average molecular weight is 1840 g/mol. The van der Waals surface area contributed by atoms with E-state index in [4.69, 9.17) is 9.47 Å². The largest absolute Gasteiger partial charge is 0.503 e. The van der Waals surface area contributed by atoms with Crippen molar-refractivity contribution >= 4 is 47.3 Å². The van der Waals surface area contributed by atoms with Gasteiger partial charge in [0, 0.05) is 150 Å². The van der Waals surface area contributed by atoms with Crippen LogP contribution >= 0.6 is 0 Å². The molecule has 0 radical (unpaired) electrons. The molecule has 8 fully saturated rings. The van der Waals surface area contributed by atoms with Crippen LogP contribution in [0.2, 0.25) is 0 Å². The predicted octanol–water partition coefficient (Wildman–Crippen LogP) is 11.9. The second-order valence-electron chi connectivity index (χ2n) is 36.6. The summed E-state index contributed by atoms with van der Waals surface area (Å²) < 4.78 is 141. The molecule has 7 amide bonds. The molecule has 4 spiro atoms. The topological polar surface area (TPSA) is 353 Å². The van der Waals surface area contributed by atoms with Gasteiger partial charge in [-0.2, -0.15) is 0 Å². The third kappa shape index (κ3) is 16.5. The number of pyridine rings is 4. The molecule has 4 saturated heterocycles. The third-order valence-electron chi connectivity index (χ3n) is 28.4. The van der Waals surface area contributed by atoms with E-state index >= 15 is 0 Å². The zero-order valence-electron chi connectivity index (χ0n) is 70.9. The lowest BCUT2D eigenvalue weighted by molar-refractivity contribution is 0.0408. The first-order chi connectivity index (χ1) is 63.1. The Morgan fingerprint density at radius 3 is 0.910 bits per heavy atom. The number of benzene rings is 5. The highest BCUT2D eigenvalue weighted by atomic mass is 19.2. The van der Waals surface area contributed by atoms with Crippen molar-refractivity contribution in [3.05, 3.63) is 288 Å². The summed E-state index contributed by atoms with van der Waals surface area (Å²) in [5.41, 5.74) is -6.73. The molecule has 8 atom stereocenters. The van der Waals surface area contributed by atoms with Crippen molar-refractivity contribution < 1.29 is 103 Å². The number of nitrogens with zero attached hydrogens (tertiary/aromatic N) is 8. The van der Waals surface area contributed by atoms with Gasteiger partial charge in [-0.15, -0.1) is 0 Å². The SMILES string of the molecule is C.O=C(NCc1c(F)cc(F)cc1F)c1cn2c(c(O)c1=O)C(=O)N1C[C@H]3CCC[C@@]1(C3)C2.O=C(NCc1c(F)cc(F)cc1F)c1cn2c(c(O)c1=O)C(=O)N1C[C@H]3CCC[C@@]1(C3)C2.O=C(NCc1c(F)cc(F)cc1F)c1cn2c(c(OCc3ccccc3)c1=O)C(=O)N1C[C@H]3CCC[C@@]1(C3)C2.O=C(O)c1cn2c(c(OCc3ccccc3)c1=O)C(=O)N1C[C@H]3CCC[C@@]1(C3)C2. The van der Waals surface area contributed by atoms with E-state index in [1.165, 1.54) is 33.9 Å². The van der Waals surface area contributed by atoms with Gasteiger partial charge in [0.15, 0.2) is 45.8 Å². The van der Waals surface area contributed by atoms with Gasteiger partial charge in [0.1, 0.15) is 87.8 Å². The Morgan fingerprint density at radius 2 is 0.624 bits per heavy atom. The second kappa shape index (κ2) is 35.4. The minimum Gasteiger partial charge on any atom is -0.503 e. The molecule has 12 heterocycles. The van der Waals surface area contributed by atoms with Crippen LogP contribution in [0.25, 0.3) is 0 Å². The van der Waals surface area contributed by atoms with Gasteiger partial charge in [0.25, 0.3) is 41.4 Å². The van der Waals surface area contributed by atoms with E-state index in [9.17, 15) is 112 Å². The molecule has 6 N–H and O–H groups in total. The Labute approximate surface area is 752 Å². The molecule has 21 rings (SSSR count). The summed E-state index contributed by atoms with van der Waals surface area (Å²) in [6, 6.07) is 21.4. The Bertz CT molecular complexity index is 6360. The van der Waals surface area contributed by atoms with E-state index in [0.717, 1.165) is 114 Å². The van der Waals surface area contributed by atoms with Crippen LogP contribution in [-0.4, -0.2) is 149 Å². The number of hydrogen-bond donors (Lipinski definition) is 6. The maximum absolute atomic E-state index is 14.1. The lowest BCUT2D eigenvalue weighted by Crippen LogP contribution is -2.55. The van der Waals surface area contributed by atoms with Crippen LogP contribution in [-0.2, 0) is 59.0 Å². The number of carbonyl (C=O) groups is 8. The number of aromatic nitrogens is 4. The zero-order chi connectivity index (χ0) is 93.1. The summed E-state index contributed by atoms with van der Waals surface area (Å²) in [5.74, 6) is -16.2. The van der Waals surface area contributed by atoms with Gasteiger partial charge in [-0.3, -0.25) is 52.7 Å². The van der Waals surface area contributed by atoms with E-state index < -0.39 is 180 Å². The molecule has 12 aliphatic rings. The number of nitrogens with one attached hydrogen (secondary N) is 3. The normalized spacial score (nSPS) is 23.0. The zero-order valence-corrected chi connectivity index (χ0v) is 70.9. The fraction of sp³-hybridized carbons (Fsp3) is 0.396. The van der Waals surface area contributed by atoms with Crippen molar-refractivity contribution in [3.8, 4) is 23.0 Å². The van der Waals surface area contributed by atoms with Crippen molar-refractivity contribution in [2.75, 3.05) is 26.2 Å². The fourth-order valence-corrected chi connectivity index (χ4v) is 22.5. The van der Waals surface area contributed by atoms with Gasteiger partial charge in [-0.1, -0.05) is 93.8 Å². The second-order valence-corrected chi connectivity index (χ2v) is 36.6. The molecule has 0 unspecified atom stereocenters. The number of carbonyl (C=O) groups excluding carboxylic acids is 7. The van der Waals surface area contributed by atoms with Crippen molar-refractivity contribution in [1.29, 1.82) is 0 Å². The molecular formula is C96H92F9N11O17. The molecule has 28 nitrogen and oxygen atoms in total.